The summed E-state index contributed by atoms with van der Waals surface area (Å²) in [6.07, 6.45) is 5.05. The minimum atomic E-state index is -0.376. The van der Waals surface area contributed by atoms with Crippen molar-refractivity contribution in [3.05, 3.63) is 90.2 Å². The van der Waals surface area contributed by atoms with Crippen molar-refractivity contribution < 1.29 is 9.59 Å². The summed E-state index contributed by atoms with van der Waals surface area (Å²) < 4.78 is 0. The highest BCUT2D eigenvalue weighted by Gasteiger charge is 2.13. The molecule has 0 aliphatic rings. The molecule has 0 heterocycles. The van der Waals surface area contributed by atoms with Gasteiger partial charge in [-0.05, 0) is 37.3 Å². The van der Waals surface area contributed by atoms with Crippen LogP contribution in [0.2, 0.25) is 0 Å². The summed E-state index contributed by atoms with van der Waals surface area (Å²) in [5.74, 6) is -0.705. The molecule has 0 aliphatic heterocycles. The molecule has 0 fully saturated rings. The number of amides is 2. The second-order valence-corrected chi connectivity index (χ2v) is 4.75. The van der Waals surface area contributed by atoms with Crippen molar-refractivity contribution in [1.29, 1.82) is 0 Å². The van der Waals surface area contributed by atoms with Crippen LogP contribution < -0.4 is 10.6 Å². The molecule has 0 atom stereocenters. The van der Waals surface area contributed by atoms with Gasteiger partial charge in [-0.3, -0.25) is 9.59 Å². The van der Waals surface area contributed by atoms with Crippen molar-refractivity contribution in [2.45, 2.75) is 6.92 Å². The van der Waals surface area contributed by atoms with E-state index in [-0.39, 0.29) is 17.5 Å². The van der Waals surface area contributed by atoms with Gasteiger partial charge in [0.2, 0.25) is 0 Å². The molecule has 0 unspecified atom stereocenters. The number of nitrogens with one attached hydrogen (secondary N) is 2. The van der Waals surface area contributed by atoms with Crippen LogP contribution >= 0.6 is 0 Å². The maximum Gasteiger partial charge on any atom is 0.272 e. The average Bonchev–Trinajstić information content (AvgIpc) is 2.60. The molecule has 23 heavy (non-hydrogen) atoms. The van der Waals surface area contributed by atoms with Gasteiger partial charge in [-0.2, -0.15) is 0 Å². The normalized spacial score (nSPS) is 11.3. The molecular formula is C19H18N2O2. The first-order valence-corrected chi connectivity index (χ1v) is 7.26. The highest BCUT2D eigenvalue weighted by molar-refractivity contribution is 6.08. The first kappa shape index (κ1) is 16.2. The summed E-state index contributed by atoms with van der Waals surface area (Å²) in [7, 11) is 0. The van der Waals surface area contributed by atoms with Crippen LogP contribution in [0.3, 0.4) is 0 Å². The van der Waals surface area contributed by atoms with E-state index in [9.17, 15) is 9.59 Å². The Morgan fingerprint density at radius 2 is 1.52 bits per heavy atom. The number of allylic oxidation sites excluding steroid dienone is 3. The fourth-order valence-electron chi connectivity index (χ4n) is 1.87. The maximum atomic E-state index is 12.4. The minimum absolute atomic E-state index is 0.181. The number of hydrogen-bond acceptors (Lipinski definition) is 2. The number of benzene rings is 2. The molecule has 0 radical (unpaired) electrons. The van der Waals surface area contributed by atoms with E-state index >= 15 is 0 Å². The van der Waals surface area contributed by atoms with Crippen LogP contribution in [0.4, 0.5) is 5.69 Å². The van der Waals surface area contributed by atoms with Gasteiger partial charge in [-0.15, -0.1) is 0 Å². The quantitative estimate of drug-likeness (QED) is 0.656. The molecule has 4 nitrogen and oxygen atoms in total. The van der Waals surface area contributed by atoms with Crippen LogP contribution in [0.5, 0.6) is 0 Å². The van der Waals surface area contributed by atoms with Crippen molar-refractivity contribution in [2.75, 3.05) is 5.32 Å². The fraction of sp³-hybridized carbons (Fsp3) is 0.0526. The van der Waals surface area contributed by atoms with Gasteiger partial charge in [0.25, 0.3) is 11.8 Å². The Balaban J connectivity index is 2.14. The lowest BCUT2D eigenvalue weighted by molar-refractivity contribution is -0.113. The van der Waals surface area contributed by atoms with Crippen molar-refractivity contribution in [3.63, 3.8) is 0 Å². The smallest absolute Gasteiger partial charge is 0.272 e. The zero-order valence-electron chi connectivity index (χ0n) is 12.8. The standard InChI is InChI=1S/C19H18N2O2/c1-2-3-14-17(19(23)20-16-12-8-5-9-13-16)21-18(22)15-10-6-4-7-11-15/h2-14H,1H3,(H,20,23)(H,21,22). The van der Waals surface area contributed by atoms with Gasteiger partial charge in [-0.25, -0.2) is 0 Å². The molecule has 0 bridgehead atoms. The highest BCUT2D eigenvalue weighted by Crippen LogP contribution is 2.07. The molecule has 2 N–H and O–H groups in total. The first-order chi connectivity index (χ1) is 11.2. The summed E-state index contributed by atoms with van der Waals surface area (Å²) in [4.78, 5) is 24.6. The van der Waals surface area contributed by atoms with Gasteiger partial charge in [0.05, 0.1) is 0 Å². The Morgan fingerprint density at radius 3 is 2.13 bits per heavy atom. The zero-order chi connectivity index (χ0) is 16.5. The lowest BCUT2D eigenvalue weighted by atomic mass is 10.2. The van der Waals surface area contributed by atoms with Crippen LogP contribution in [0, 0.1) is 0 Å². The highest BCUT2D eigenvalue weighted by atomic mass is 16.2. The molecule has 2 aromatic rings. The molecule has 116 valence electrons. The predicted octanol–water partition coefficient (Wildman–Crippen LogP) is 3.52. The topological polar surface area (TPSA) is 58.2 Å². The molecule has 0 aliphatic carbocycles. The molecular weight excluding hydrogens is 288 g/mol. The Labute approximate surface area is 135 Å². The van der Waals surface area contributed by atoms with E-state index in [1.54, 1.807) is 54.6 Å². The van der Waals surface area contributed by atoms with E-state index in [4.69, 9.17) is 0 Å². The molecule has 0 aromatic heterocycles. The van der Waals surface area contributed by atoms with Crippen LogP contribution in [-0.2, 0) is 4.79 Å². The third-order valence-electron chi connectivity index (χ3n) is 3.02. The summed E-state index contributed by atoms with van der Waals surface area (Å²) in [6.45, 7) is 1.84. The first-order valence-electron chi connectivity index (χ1n) is 7.26. The maximum absolute atomic E-state index is 12.4. The van der Waals surface area contributed by atoms with Crippen molar-refractivity contribution in [1.82, 2.24) is 5.32 Å². The summed E-state index contributed by atoms with van der Waals surface area (Å²) >= 11 is 0. The van der Waals surface area contributed by atoms with Gasteiger partial charge in [-0.1, -0.05) is 48.6 Å². The van der Waals surface area contributed by atoms with Gasteiger partial charge in [0.15, 0.2) is 0 Å². The second kappa shape index (κ2) is 8.34. The number of rotatable bonds is 5. The van der Waals surface area contributed by atoms with Gasteiger partial charge >= 0.3 is 0 Å². The van der Waals surface area contributed by atoms with E-state index < -0.39 is 0 Å². The SMILES string of the molecule is CC=CC=C(NC(=O)c1ccccc1)C(=O)Nc1ccccc1. The van der Waals surface area contributed by atoms with Crippen LogP contribution in [0.15, 0.2) is 84.6 Å². The molecule has 0 saturated heterocycles. The molecule has 0 saturated carbocycles. The van der Waals surface area contributed by atoms with Crippen molar-refractivity contribution >= 4 is 17.5 Å². The second-order valence-electron chi connectivity index (χ2n) is 4.75. The fourth-order valence-corrected chi connectivity index (χ4v) is 1.87. The van der Waals surface area contributed by atoms with Gasteiger partial charge in [0, 0.05) is 11.3 Å². The number of hydrogen-bond donors (Lipinski definition) is 2. The van der Waals surface area contributed by atoms with E-state index in [2.05, 4.69) is 10.6 Å². The van der Waals surface area contributed by atoms with Gasteiger partial charge in [0.1, 0.15) is 5.70 Å². The average molecular weight is 306 g/mol. The summed E-state index contributed by atoms with van der Waals surface area (Å²) in [6, 6.07) is 17.8. The number of para-hydroxylation sites is 1. The molecule has 4 heteroatoms. The summed E-state index contributed by atoms with van der Waals surface area (Å²) in [5.41, 5.74) is 1.34. The number of anilines is 1. The number of carbonyl (C=O) groups is 2. The third-order valence-corrected chi connectivity index (χ3v) is 3.02. The monoisotopic (exact) mass is 306 g/mol. The Morgan fingerprint density at radius 1 is 0.913 bits per heavy atom. The Hall–Kier alpha value is -3.14. The van der Waals surface area contributed by atoms with E-state index in [1.807, 2.05) is 31.2 Å². The van der Waals surface area contributed by atoms with Crippen molar-refractivity contribution in [2.24, 2.45) is 0 Å². The summed E-state index contributed by atoms with van der Waals surface area (Å²) in [5, 5.41) is 5.40. The Kier molecular flexibility index (Phi) is 5.89. The largest absolute Gasteiger partial charge is 0.321 e. The molecule has 2 aromatic carbocycles. The third kappa shape index (κ3) is 4.97. The van der Waals surface area contributed by atoms with Crippen LogP contribution in [0.25, 0.3) is 0 Å². The zero-order valence-corrected chi connectivity index (χ0v) is 12.8. The Bertz CT molecular complexity index is 720. The molecule has 2 amide bonds. The van der Waals surface area contributed by atoms with Crippen LogP contribution in [-0.4, -0.2) is 11.8 Å². The lowest BCUT2D eigenvalue weighted by Crippen LogP contribution is -2.30. The number of carbonyl (C=O) groups excluding carboxylic acids is 2. The van der Waals surface area contributed by atoms with Gasteiger partial charge < -0.3 is 10.6 Å². The molecule has 0 spiro atoms. The predicted molar refractivity (Wildman–Crippen MR) is 91.9 cm³/mol. The van der Waals surface area contributed by atoms with E-state index in [0.717, 1.165) is 0 Å². The lowest BCUT2D eigenvalue weighted by Gasteiger charge is -2.10. The van der Waals surface area contributed by atoms with Crippen LogP contribution in [0.1, 0.15) is 17.3 Å². The molecule has 2 rings (SSSR count). The van der Waals surface area contributed by atoms with E-state index in [0.29, 0.717) is 11.3 Å². The minimum Gasteiger partial charge on any atom is -0.321 e. The van der Waals surface area contributed by atoms with Crippen molar-refractivity contribution in [3.8, 4) is 0 Å². The van der Waals surface area contributed by atoms with E-state index in [1.165, 1.54) is 0 Å².